The summed E-state index contributed by atoms with van der Waals surface area (Å²) in [6.45, 7) is 6.67. The van der Waals surface area contributed by atoms with Gasteiger partial charge in [0.05, 0.1) is 5.97 Å². The zero-order valence-corrected chi connectivity index (χ0v) is 15.7. The molecule has 1 aromatic carbocycles. The van der Waals surface area contributed by atoms with Gasteiger partial charge in [0.25, 0.3) is 0 Å². The second-order valence-electron chi connectivity index (χ2n) is 6.72. The van der Waals surface area contributed by atoms with Crippen LogP contribution in [0.3, 0.4) is 0 Å². The van der Waals surface area contributed by atoms with Crippen LogP contribution in [-0.2, 0) is 4.79 Å². The number of Topliss-reactive ketones (excluding diaryl/α,β-unsaturated/α-hetero) is 1. The second-order valence-corrected chi connectivity index (χ2v) is 6.72. The molecule has 0 heterocycles. The molecule has 2 saturated carbocycles. The number of fused-ring (bicyclic) bond motifs is 2. The van der Waals surface area contributed by atoms with Gasteiger partial charge in [0.15, 0.2) is 0 Å². The van der Waals surface area contributed by atoms with E-state index in [1.54, 1.807) is 6.07 Å². The molecule has 114 valence electrons. The Morgan fingerprint density at radius 3 is 2.14 bits per heavy atom. The minimum Gasteiger partial charge on any atom is -0.545 e. The zero-order valence-electron chi connectivity index (χ0n) is 13.7. The van der Waals surface area contributed by atoms with Gasteiger partial charge in [-0.15, -0.1) is 0 Å². The van der Waals surface area contributed by atoms with E-state index in [-0.39, 0.29) is 51.7 Å². The minimum absolute atomic E-state index is 0. The number of carbonyl (C=O) groups excluding carboxylic acids is 2. The van der Waals surface area contributed by atoms with Crippen molar-refractivity contribution in [2.45, 2.75) is 40.0 Å². The summed E-state index contributed by atoms with van der Waals surface area (Å²) in [5.74, 6) is -0.431. The van der Waals surface area contributed by atoms with Crippen molar-refractivity contribution in [2.75, 3.05) is 0 Å². The normalized spacial score (nSPS) is 27.6. The molecular weight excluding hydrogens is 291 g/mol. The van der Waals surface area contributed by atoms with E-state index in [0.717, 1.165) is 12.8 Å². The van der Waals surface area contributed by atoms with Gasteiger partial charge in [0.2, 0.25) is 0 Å². The first-order valence-corrected chi connectivity index (χ1v) is 7.23. The van der Waals surface area contributed by atoms with E-state index < -0.39 is 5.97 Å². The Morgan fingerprint density at radius 1 is 1.27 bits per heavy atom. The summed E-state index contributed by atoms with van der Waals surface area (Å²) >= 11 is 0. The third kappa shape index (κ3) is 3.10. The average Bonchev–Trinajstić information content (AvgIpc) is 2.73. The molecular formula is C17H21NaO4. The predicted molar refractivity (Wildman–Crippen MR) is 76.7 cm³/mol. The summed E-state index contributed by atoms with van der Waals surface area (Å²) in [6.07, 6.45) is 3.25. The number of phenols is 1. The van der Waals surface area contributed by atoms with Crippen LogP contribution in [0, 0.1) is 16.7 Å². The van der Waals surface area contributed by atoms with E-state index in [4.69, 9.17) is 5.11 Å². The number of ketones is 1. The number of rotatable bonds is 1. The van der Waals surface area contributed by atoms with Crippen LogP contribution in [0.4, 0.5) is 0 Å². The molecule has 2 fully saturated rings. The van der Waals surface area contributed by atoms with Gasteiger partial charge in [0, 0.05) is 17.4 Å². The Labute approximate surface area is 153 Å². The molecule has 1 N–H and O–H groups in total. The minimum atomic E-state index is -1.36. The van der Waals surface area contributed by atoms with Crippen molar-refractivity contribution in [3.63, 3.8) is 0 Å². The van der Waals surface area contributed by atoms with Crippen molar-refractivity contribution in [3.05, 3.63) is 29.8 Å². The molecule has 2 bridgehead atoms. The van der Waals surface area contributed by atoms with Crippen molar-refractivity contribution in [2.24, 2.45) is 16.7 Å². The monoisotopic (exact) mass is 312 g/mol. The summed E-state index contributed by atoms with van der Waals surface area (Å²) in [6, 6.07) is 5.64. The summed E-state index contributed by atoms with van der Waals surface area (Å²) in [5.41, 5.74) is 0.129. The molecule has 0 saturated heterocycles. The number of aromatic hydroxyl groups is 1. The number of para-hydroxylation sites is 1. The molecule has 5 heteroatoms. The van der Waals surface area contributed by atoms with Crippen molar-refractivity contribution < 1.29 is 49.4 Å². The number of carboxylic acids is 1. The van der Waals surface area contributed by atoms with Gasteiger partial charge in [-0.05, 0) is 36.3 Å². The summed E-state index contributed by atoms with van der Waals surface area (Å²) in [4.78, 5) is 21.7. The number of hydrogen-bond acceptors (Lipinski definition) is 4. The summed E-state index contributed by atoms with van der Waals surface area (Å²) in [5, 5.41) is 19.0. The maximum absolute atomic E-state index is 11.6. The van der Waals surface area contributed by atoms with E-state index in [1.165, 1.54) is 24.6 Å². The molecule has 1 aromatic rings. The first-order chi connectivity index (χ1) is 9.70. The third-order valence-corrected chi connectivity index (χ3v) is 5.61. The second kappa shape index (κ2) is 6.73. The van der Waals surface area contributed by atoms with Crippen molar-refractivity contribution in [1.29, 1.82) is 0 Å². The Bertz CT molecular complexity index is 582. The van der Waals surface area contributed by atoms with Gasteiger partial charge in [-0.25, -0.2) is 0 Å². The molecule has 0 aliphatic heterocycles. The first-order valence-electron chi connectivity index (χ1n) is 7.23. The fraction of sp³-hybridized carbons (Fsp3) is 0.529. The third-order valence-electron chi connectivity index (χ3n) is 5.61. The van der Waals surface area contributed by atoms with Crippen LogP contribution in [0.2, 0.25) is 0 Å². The number of carboxylic acid groups (broad SMARTS) is 1. The maximum Gasteiger partial charge on any atom is 1.00 e. The van der Waals surface area contributed by atoms with Crippen LogP contribution in [0.5, 0.6) is 5.75 Å². The van der Waals surface area contributed by atoms with E-state index >= 15 is 0 Å². The summed E-state index contributed by atoms with van der Waals surface area (Å²) < 4.78 is 0. The van der Waals surface area contributed by atoms with Crippen LogP contribution >= 0.6 is 0 Å². The summed E-state index contributed by atoms with van der Waals surface area (Å²) in [7, 11) is 0. The standard InChI is InChI=1S/C10H16O.C7H6O3.Na/c1-9(2)7-4-5-10(9,3)8(11)6-7;8-6-4-2-1-3-5(6)7(9)10;/h7H,4-6H2,1-3H3;1-4,8H,(H,9,10);/q;;+1/p-1. The van der Waals surface area contributed by atoms with Gasteiger partial charge in [-0.2, -0.15) is 0 Å². The van der Waals surface area contributed by atoms with E-state index in [2.05, 4.69) is 20.8 Å². The quantitative estimate of drug-likeness (QED) is 0.686. The van der Waals surface area contributed by atoms with E-state index in [1.807, 2.05) is 0 Å². The largest absolute Gasteiger partial charge is 1.00 e. The first kappa shape index (κ1) is 19.2. The van der Waals surface area contributed by atoms with Gasteiger partial charge in [-0.1, -0.05) is 32.9 Å². The predicted octanol–water partition coefficient (Wildman–Crippen LogP) is -0.839. The van der Waals surface area contributed by atoms with Crippen LogP contribution in [0.15, 0.2) is 24.3 Å². The molecule has 2 atom stereocenters. The van der Waals surface area contributed by atoms with Crippen LogP contribution in [0.1, 0.15) is 50.4 Å². The smallest absolute Gasteiger partial charge is 0.545 e. The maximum atomic E-state index is 11.6. The number of aromatic carboxylic acids is 1. The number of benzene rings is 1. The SMILES string of the molecule is CC12CCC(CC1=O)C2(C)C.O=C([O-])c1ccccc1O.[Na+]. The Balaban J connectivity index is 0.000000212. The molecule has 2 aliphatic rings. The molecule has 0 amide bonds. The van der Waals surface area contributed by atoms with Crippen LogP contribution in [-0.4, -0.2) is 16.9 Å². The number of carbonyl (C=O) groups is 2. The number of hydrogen-bond donors (Lipinski definition) is 1. The van der Waals surface area contributed by atoms with Gasteiger partial charge in [0.1, 0.15) is 11.5 Å². The average molecular weight is 312 g/mol. The van der Waals surface area contributed by atoms with Gasteiger partial charge in [-0.3, -0.25) is 4.79 Å². The topological polar surface area (TPSA) is 77.4 Å². The van der Waals surface area contributed by atoms with Crippen LogP contribution in [0.25, 0.3) is 0 Å². The fourth-order valence-corrected chi connectivity index (χ4v) is 3.55. The molecule has 3 rings (SSSR count). The Morgan fingerprint density at radius 2 is 1.86 bits per heavy atom. The molecule has 2 aliphatic carbocycles. The zero-order chi connectivity index (χ0) is 15.8. The van der Waals surface area contributed by atoms with E-state index in [0.29, 0.717) is 11.7 Å². The Kier molecular flexibility index (Phi) is 5.88. The van der Waals surface area contributed by atoms with E-state index in [9.17, 15) is 14.7 Å². The van der Waals surface area contributed by atoms with Gasteiger partial charge >= 0.3 is 29.6 Å². The Hall–Kier alpha value is -0.840. The molecule has 0 spiro atoms. The van der Waals surface area contributed by atoms with Crippen molar-refractivity contribution >= 4 is 11.8 Å². The molecule has 0 aromatic heterocycles. The van der Waals surface area contributed by atoms with Crippen molar-refractivity contribution in [3.8, 4) is 5.75 Å². The molecule has 2 unspecified atom stereocenters. The van der Waals surface area contributed by atoms with Crippen molar-refractivity contribution in [1.82, 2.24) is 0 Å². The van der Waals surface area contributed by atoms with Crippen LogP contribution < -0.4 is 34.7 Å². The molecule has 4 nitrogen and oxygen atoms in total. The van der Waals surface area contributed by atoms with Gasteiger partial charge < -0.3 is 15.0 Å². The molecule has 22 heavy (non-hydrogen) atoms. The fourth-order valence-electron chi connectivity index (χ4n) is 3.55. The molecule has 0 radical (unpaired) electrons.